The second-order valence-electron chi connectivity index (χ2n) is 6.49. The van der Waals surface area contributed by atoms with Crippen LogP contribution in [0.15, 0.2) is 48.5 Å². The molecule has 0 aromatic heterocycles. The van der Waals surface area contributed by atoms with Gasteiger partial charge in [0.1, 0.15) is 17.1 Å². The molecule has 2 aromatic rings. The van der Waals surface area contributed by atoms with Crippen LogP contribution in [-0.2, 0) is 0 Å². The molecule has 5 heteroatoms. The molecule has 0 bridgehead atoms. The van der Waals surface area contributed by atoms with Gasteiger partial charge < -0.3 is 20.1 Å². The molecule has 2 aromatic carbocycles. The topological polar surface area (TPSA) is 42.5 Å². The summed E-state index contributed by atoms with van der Waals surface area (Å²) in [6.45, 7) is 4.19. The first-order valence-electron chi connectivity index (χ1n) is 7.96. The van der Waals surface area contributed by atoms with Crippen molar-refractivity contribution in [3.63, 3.8) is 0 Å². The minimum Gasteiger partial charge on any atom is -0.497 e. The van der Waals surface area contributed by atoms with Crippen LogP contribution in [0.3, 0.4) is 0 Å². The van der Waals surface area contributed by atoms with Gasteiger partial charge in [-0.05, 0) is 44.3 Å². The zero-order chi connectivity index (χ0) is 17.2. The number of anilines is 1. The first-order chi connectivity index (χ1) is 11.5. The number of fused-ring (bicyclic) bond motifs is 1. The van der Waals surface area contributed by atoms with Crippen LogP contribution in [0.2, 0.25) is 0 Å². The second-order valence-corrected chi connectivity index (χ2v) is 6.89. The average molecular weight is 342 g/mol. The van der Waals surface area contributed by atoms with Crippen molar-refractivity contribution in [1.29, 1.82) is 0 Å². The minimum absolute atomic E-state index is 0.107. The van der Waals surface area contributed by atoms with Crippen molar-refractivity contribution >= 4 is 23.0 Å². The summed E-state index contributed by atoms with van der Waals surface area (Å²) in [7, 11) is 1.65. The fourth-order valence-electron chi connectivity index (χ4n) is 2.96. The lowest BCUT2D eigenvalue weighted by Crippen LogP contribution is -2.42. The van der Waals surface area contributed by atoms with Crippen molar-refractivity contribution in [3.05, 3.63) is 54.1 Å². The van der Waals surface area contributed by atoms with Crippen molar-refractivity contribution in [3.8, 4) is 11.5 Å². The molecule has 3 rings (SSSR count). The maximum Gasteiger partial charge on any atom is 0.171 e. The van der Waals surface area contributed by atoms with Gasteiger partial charge >= 0.3 is 0 Å². The van der Waals surface area contributed by atoms with Crippen molar-refractivity contribution in [2.45, 2.75) is 31.9 Å². The molecule has 0 amide bonds. The smallest absolute Gasteiger partial charge is 0.171 e. The number of benzene rings is 2. The molecule has 0 aliphatic carbocycles. The van der Waals surface area contributed by atoms with Crippen molar-refractivity contribution < 1.29 is 9.47 Å². The average Bonchev–Trinajstić information content (AvgIpc) is 2.54. The Labute approximate surface area is 148 Å². The van der Waals surface area contributed by atoms with Crippen LogP contribution in [0.1, 0.15) is 31.9 Å². The molecule has 2 N–H and O–H groups in total. The van der Waals surface area contributed by atoms with Crippen LogP contribution < -0.4 is 20.1 Å². The van der Waals surface area contributed by atoms with E-state index in [4.69, 9.17) is 21.7 Å². The lowest BCUT2D eigenvalue weighted by atomic mass is 9.90. The summed E-state index contributed by atoms with van der Waals surface area (Å²) >= 11 is 5.50. The van der Waals surface area contributed by atoms with E-state index in [0.717, 1.165) is 29.2 Å². The monoisotopic (exact) mass is 342 g/mol. The SMILES string of the molecule is COc1cccc(NC(=S)N[C@@H]2CC(C)(C)Oc3ccccc32)c1. The fraction of sp³-hybridized carbons (Fsp3) is 0.316. The number of para-hydroxylation sites is 1. The summed E-state index contributed by atoms with van der Waals surface area (Å²) in [6.07, 6.45) is 0.837. The third-order valence-corrected chi connectivity index (χ3v) is 4.23. The predicted octanol–water partition coefficient (Wildman–Crippen LogP) is 4.28. The molecule has 4 nitrogen and oxygen atoms in total. The quantitative estimate of drug-likeness (QED) is 0.815. The normalized spacial score (nSPS) is 18.0. The van der Waals surface area contributed by atoms with E-state index in [9.17, 15) is 0 Å². The Hall–Kier alpha value is -2.27. The minimum atomic E-state index is -0.238. The maximum atomic E-state index is 6.06. The largest absolute Gasteiger partial charge is 0.497 e. The van der Waals surface area contributed by atoms with E-state index in [-0.39, 0.29) is 11.6 Å². The Kier molecular flexibility index (Phi) is 4.62. The molecule has 1 heterocycles. The molecule has 0 spiro atoms. The van der Waals surface area contributed by atoms with Gasteiger partial charge in [0.25, 0.3) is 0 Å². The van der Waals surface area contributed by atoms with Gasteiger partial charge in [0.05, 0.1) is 13.2 Å². The Morgan fingerprint density at radius 1 is 1.21 bits per heavy atom. The van der Waals surface area contributed by atoms with Crippen LogP contribution in [0.25, 0.3) is 0 Å². The van der Waals surface area contributed by atoms with Crippen molar-refractivity contribution in [2.75, 3.05) is 12.4 Å². The van der Waals surface area contributed by atoms with Gasteiger partial charge in [-0.25, -0.2) is 0 Å². The summed E-state index contributed by atoms with van der Waals surface area (Å²) in [5, 5.41) is 7.22. The highest BCUT2D eigenvalue weighted by molar-refractivity contribution is 7.80. The third-order valence-electron chi connectivity index (χ3n) is 4.01. The number of hydrogen-bond donors (Lipinski definition) is 2. The van der Waals surface area contributed by atoms with Gasteiger partial charge in [0.2, 0.25) is 0 Å². The zero-order valence-electron chi connectivity index (χ0n) is 14.1. The zero-order valence-corrected chi connectivity index (χ0v) is 14.9. The van der Waals surface area contributed by atoms with Crippen LogP contribution in [-0.4, -0.2) is 17.8 Å². The molecule has 0 fully saturated rings. The predicted molar refractivity (Wildman–Crippen MR) is 101 cm³/mol. The highest BCUT2D eigenvalue weighted by Crippen LogP contribution is 2.39. The summed E-state index contributed by atoms with van der Waals surface area (Å²) in [6, 6.07) is 15.9. The van der Waals surface area contributed by atoms with E-state index in [1.54, 1.807) is 7.11 Å². The molecule has 0 saturated carbocycles. The first kappa shape index (κ1) is 16.6. The van der Waals surface area contributed by atoms with Gasteiger partial charge in [-0.15, -0.1) is 0 Å². The molecule has 1 atom stereocenters. The second kappa shape index (κ2) is 6.69. The summed E-state index contributed by atoms with van der Waals surface area (Å²) in [5.41, 5.74) is 1.79. The first-order valence-corrected chi connectivity index (χ1v) is 8.37. The van der Waals surface area contributed by atoms with Gasteiger partial charge in [-0.3, -0.25) is 0 Å². The number of nitrogens with one attached hydrogen (secondary N) is 2. The van der Waals surface area contributed by atoms with Crippen LogP contribution in [0, 0.1) is 0 Å². The van der Waals surface area contributed by atoms with Crippen LogP contribution in [0.4, 0.5) is 5.69 Å². The van der Waals surface area contributed by atoms with E-state index in [1.807, 2.05) is 42.5 Å². The van der Waals surface area contributed by atoms with E-state index in [1.165, 1.54) is 0 Å². The Balaban J connectivity index is 1.74. The van der Waals surface area contributed by atoms with Crippen molar-refractivity contribution in [1.82, 2.24) is 5.32 Å². The molecule has 0 radical (unpaired) electrons. The van der Waals surface area contributed by atoms with Gasteiger partial charge in [0, 0.05) is 23.7 Å². The molecule has 126 valence electrons. The number of rotatable bonds is 3. The van der Waals surface area contributed by atoms with E-state index >= 15 is 0 Å². The van der Waals surface area contributed by atoms with Gasteiger partial charge in [-0.1, -0.05) is 24.3 Å². The van der Waals surface area contributed by atoms with E-state index in [0.29, 0.717) is 5.11 Å². The summed E-state index contributed by atoms with van der Waals surface area (Å²) in [5.74, 6) is 1.70. The Morgan fingerprint density at radius 3 is 2.79 bits per heavy atom. The lowest BCUT2D eigenvalue weighted by Gasteiger charge is -2.38. The Morgan fingerprint density at radius 2 is 2.00 bits per heavy atom. The molecule has 24 heavy (non-hydrogen) atoms. The van der Waals surface area contributed by atoms with E-state index in [2.05, 4.69) is 30.5 Å². The summed E-state index contributed by atoms with van der Waals surface area (Å²) in [4.78, 5) is 0. The number of hydrogen-bond acceptors (Lipinski definition) is 3. The van der Waals surface area contributed by atoms with Crippen molar-refractivity contribution in [2.24, 2.45) is 0 Å². The summed E-state index contributed by atoms with van der Waals surface area (Å²) < 4.78 is 11.3. The molecule has 1 aliphatic heterocycles. The number of thiocarbonyl (C=S) groups is 1. The van der Waals surface area contributed by atoms with Crippen LogP contribution in [0.5, 0.6) is 11.5 Å². The standard InChI is InChI=1S/C19H22N2O2S/c1-19(2)12-16(15-9-4-5-10-17(15)23-19)21-18(24)20-13-7-6-8-14(11-13)22-3/h4-11,16H,12H2,1-3H3,(H2,20,21,24)/t16-/m1/s1. The van der Waals surface area contributed by atoms with Gasteiger partial charge in [0.15, 0.2) is 5.11 Å². The van der Waals surface area contributed by atoms with Crippen LogP contribution >= 0.6 is 12.2 Å². The van der Waals surface area contributed by atoms with E-state index < -0.39 is 0 Å². The molecular formula is C19H22N2O2S. The lowest BCUT2D eigenvalue weighted by molar-refractivity contribution is 0.0697. The molecular weight excluding hydrogens is 320 g/mol. The number of ether oxygens (including phenoxy) is 2. The highest BCUT2D eigenvalue weighted by atomic mass is 32.1. The third kappa shape index (κ3) is 3.79. The number of methoxy groups -OCH3 is 1. The molecule has 0 saturated heterocycles. The molecule has 0 unspecified atom stereocenters. The highest BCUT2D eigenvalue weighted by Gasteiger charge is 2.33. The Bertz CT molecular complexity index is 746. The molecule has 1 aliphatic rings. The maximum absolute atomic E-state index is 6.06. The fourth-order valence-corrected chi connectivity index (χ4v) is 3.22. The van der Waals surface area contributed by atoms with Gasteiger partial charge in [-0.2, -0.15) is 0 Å².